The SMILES string of the molecule is CCN(CC)S(=O)(=O)c1ccc(F)c(C(=O)Nc2ccc(C)c(S(=O)(=O)N3CCCCCC3)c2)c1. The van der Waals surface area contributed by atoms with Crippen LogP contribution in [-0.2, 0) is 20.0 Å². The Labute approximate surface area is 207 Å². The summed E-state index contributed by atoms with van der Waals surface area (Å²) < 4.78 is 69.4. The summed E-state index contributed by atoms with van der Waals surface area (Å²) >= 11 is 0. The Bertz CT molecular complexity index is 1280. The van der Waals surface area contributed by atoms with Crippen LogP contribution in [-0.4, -0.2) is 57.5 Å². The first-order valence-electron chi connectivity index (χ1n) is 11.7. The molecule has 35 heavy (non-hydrogen) atoms. The Balaban J connectivity index is 1.91. The Morgan fingerprint density at radius 3 is 2.20 bits per heavy atom. The van der Waals surface area contributed by atoms with E-state index in [2.05, 4.69) is 5.32 Å². The minimum absolute atomic E-state index is 0.0792. The molecule has 0 aliphatic carbocycles. The smallest absolute Gasteiger partial charge is 0.258 e. The Morgan fingerprint density at radius 1 is 0.971 bits per heavy atom. The number of sulfonamides is 2. The monoisotopic (exact) mass is 525 g/mol. The molecule has 0 bridgehead atoms. The van der Waals surface area contributed by atoms with Gasteiger partial charge in [-0.2, -0.15) is 8.61 Å². The minimum atomic E-state index is -3.89. The van der Waals surface area contributed by atoms with Gasteiger partial charge in [-0.05, 0) is 55.7 Å². The van der Waals surface area contributed by atoms with Gasteiger partial charge in [-0.1, -0.05) is 32.8 Å². The van der Waals surface area contributed by atoms with Crippen molar-refractivity contribution in [3.8, 4) is 0 Å². The highest BCUT2D eigenvalue weighted by molar-refractivity contribution is 7.89. The van der Waals surface area contributed by atoms with Crippen molar-refractivity contribution < 1.29 is 26.0 Å². The number of anilines is 1. The lowest BCUT2D eigenvalue weighted by Crippen LogP contribution is -2.32. The second-order valence-electron chi connectivity index (χ2n) is 8.48. The van der Waals surface area contributed by atoms with E-state index in [4.69, 9.17) is 0 Å². The number of nitrogens with one attached hydrogen (secondary N) is 1. The second kappa shape index (κ2) is 11.2. The summed E-state index contributed by atoms with van der Waals surface area (Å²) in [6, 6.07) is 7.54. The zero-order valence-corrected chi connectivity index (χ0v) is 21.9. The average Bonchev–Trinajstić information content (AvgIpc) is 3.11. The van der Waals surface area contributed by atoms with Gasteiger partial charge in [0.2, 0.25) is 20.0 Å². The molecule has 1 aliphatic heterocycles. The quantitative estimate of drug-likeness (QED) is 0.562. The van der Waals surface area contributed by atoms with E-state index in [-0.39, 0.29) is 28.6 Å². The van der Waals surface area contributed by atoms with Crippen LogP contribution in [0, 0.1) is 12.7 Å². The van der Waals surface area contributed by atoms with Gasteiger partial charge in [0, 0.05) is 31.9 Å². The van der Waals surface area contributed by atoms with E-state index in [0.717, 1.165) is 43.9 Å². The van der Waals surface area contributed by atoms with Crippen molar-refractivity contribution in [2.45, 2.75) is 56.2 Å². The molecular weight excluding hydrogens is 493 g/mol. The maximum Gasteiger partial charge on any atom is 0.258 e. The number of hydrogen-bond donors (Lipinski definition) is 1. The van der Waals surface area contributed by atoms with Crippen molar-refractivity contribution in [2.24, 2.45) is 0 Å². The molecule has 3 rings (SSSR count). The molecule has 1 heterocycles. The number of carbonyl (C=O) groups excluding carboxylic acids is 1. The molecule has 192 valence electrons. The second-order valence-corrected chi connectivity index (χ2v) is 12.3. The summed E-state index contributed by atoms with van der Waals surface area (Å²) in [5.41, 5.74) is 0.256. The van der Waals surface area contributed by atoms with E-state index < -0.39 is 37.3 Å². The highest BCUT2D eigenvalue weighted by Crippen LogP contribution is 2.27. The third kappa shape index (κ3) is 5.91. The predicted molar refractivity (Wildman–Crippen MR) is 133 cm³/mol. The predicted octanol–water partition coefficient (Wildman–Crippen LogP) is 3.98. The van der Waals surface area contributed by atoms with Gasteiger partial charge in [0.25, 0.3) is 5.91 Å². The number of halogens is 1. The van der Waals surface area contributed by atoms with Gasteiger partial charge in [-0.3, -0.25) is 4.79 Å². The van der Waals surface area contributed by atoms with Crippen molar-refractivity contribution in [1.82, 2.24) is 8.61 Å². The fourth-order valence-corrected chi connectivity index (χ4v) is 7.38. The van der Waals surface area contributed by atoms with Crippen LogP contribution in [0.15, 0.2) is 46.2 Å². The van der Waals surface area contributed by atoms with Gasteiger partial charge in [0.1, 0.15) is 5.82 Å². The average molecular weight is 526 g/mol. The molecule has 1 saturated heterocycles. The van der Waals surface area contributed by atoms with Crippen LogP contribution in [0.2, 0.25) is 0 Å². The molecule has 0 radical (unpaired) electrons. The Hall–Kier alpha value is -2.34. The zero-order chi connectivity index (χ0) is 25.8. The molecule has 1 fully saturated rings. The molecule has 0 atom stereocenters. The van der Waals surface area contributed by atoms with Crippen molar-refractivity contribution in [3.05, 3.63) is 53.3 Å². The molecule has 0 unspecified atom stereocenters. The maximum absolute atomic E-state index is 14.5. The highest BCUT2D eigenvalue weighted by Gasteiger charge is 2.28. The third-order valence-corrected chi connectivity index (χ3v) is 10.2. The molecule has 2 aromatic carbocycles. The van der Waals surface area contributed by atoms with Crippen LogP contribution in [0.1, 0.15) is 55.5 Å². The van der Waals surface area contributed by atoms with E-state index in [1.54, 1.807) is 26.8 Å². The van der Waals surface area contributed by atoms with Crippen LogP contribution >= 0.6 is 0 Å². The molecule has 0 aromatic heterocycles. The number of nitrogens with zero attached hydrogens (tertiary/aromatic N) is 2. The van der Waals surface area contributed by atoms with Crippen molar-refractivity contribution >= 4 is 31.6 Å². The van der Waals surface area contributed by atoms with Crippen LogP contribution in [0.3, 0.4) is 0 Å². The molecule has 2 aromatic rings. The van der Waals surface area contributed by atoms with Crippen LogP contribution in [0.4, 0.5) is 10.1 Å². The molecule has 1 aliphatic rings. The molecule has 1 amide bonds. The van der Waals surface area contributed by atoms with Crippen LogP contribution in [0.25, 0.3) is 0 Å². The number of hydrogen-bond acceptors (Lipinski definition) is 5. The topological polar surface area (TPSA) is 104 Å². The lowest BCUT2D eigenvalue weighted by molar-refractivity contribution is 0.102. The molecular formula is C24H32FN3O5S2. The largest absolute Gasteiger partial charge is 0.322 e. The molecule has 11 heteroatoms. The van der Waals surface area contributed by atoms with E-state index in [1.807, 2.05) is 0 Å². The summed E-state index contributed by atoms with van der Waals surface area (Å²) in [4.78, 5) is 12.8. The number of benzene rings is 2. The third-order valence-electron chi connectivity index (χ3n) is 6.15. The van der Waals surface area contributed by atoms with Gasteiger partial charge in [0.15, 0.2) is 0 Å². The van der Waals surface area contributed by atoms with Gasteiger partial charge >= 0.3 is 0 Å². The molecule has 0 spiro atoms. The fraction of sp³-hybridized carbons (Fsp3) is 0.458. The van der Waals surface area contributed by atoms with Crippen LogP contribution in [0.5, 0.6) is 0 Å². The van der Waals surface area contributed by atoms with Gasteiger partial charge < -0.3 is 5.32 Å². The van der Waals surface area contributed by atoms with Crippen molar-refractivity contribution in [3.63, 3.8) is 0 Å². The number of rotatable bonds is 8. The summed E-state index contributed by atoms with van der Waals surface area (Å²) in [6.45, 7) is 6.40. The van der Waals surface area contributed by atoms with Gasteiger partial charge in [0.05, 0.1) is 15.4 Å². The number of aryl methyl sites for hydroxylation is 1. The first-order chi connectivity index (χ1) is 16.5. The zero-order valence-electron chi connectivity index (χ0n) is 20.3. The van der Waals surface area contributed by atoms with Crippen LogP contribution < -0.4 is 5.32 Å². The van der Waals surface area contributed by atoms with E-state index in [0.29, 0.717) is 18.7 Å². The maximum atomic E-state index is 14.5. The normalized spacial score (nSPS) is 15.7. The van der Waals surface area contributed by atoms with Crippen molar-refractivity contribution in [1.29, 1.82) is 0 Å². The molecule has 8 nitrogen and oxygen atoms in total. The standard InChI is InChI=1S/C24H32FN3O5S2/c1-4-27(5-2)34(30,31)20-12-13-22(25)21(17-20)24(29)26-19-11-10-18(3)23(16-19)35(32,33)28-14-8-6-7-9-15-28/h10-13,16-17H,4-9,14-15H2,1-3H3,(H,26,29). The number of carbonyl (C=O) groups is 1. The number of amides is 1. The van der Waals surface area contributed by atoms with E-state index in [9.17, 15) is 26.0 Å². The summed E-state index contributed by atoms with van der Waals surface area (Å²) in [5.74, 6) is -1.76. The Kier molecular flexibility index (Phi) is 8.68. The lowest BCUT2D eigenvalue weighted by atomic mass is 10.2. The summed E-state index contributed by atoms with van der Waals surface area (Å²) in [5, 5.41) is 2.52. The summed E-state index contributed by atoms with van der Waals surface area (Å²) in [7, 11) is -7.66. The van der Waals surface area contributed by atoms with Gasteiger partial charge in [-0.25, -0.2) is 21.2 Å². The fourth-order valence-electron chi connectivity index (χ4n) is 4.13. The first-order valence-corrected chi connectivity index (χ1v) is 14.6. The Morgan fingerprint density at radius 2 is 1.60 bits per heavy atom. The first kappa shape index (κ1) is 27.3. The van der Waals surface area contributed by atoms with E-state index in [1.165, 1.54) is 20.7 Å². The van der Waals surface area contributed by atoms with Gasteiger partial charge in [-0.15, -0.1) is 0 Å². The van der Waals surface area contributed by atoms with Crippen molar-refractivity contribution in [2.75, 3.05) is 31.5 Å². The van der Waals surface area contributed by atoms with E-state index >= 15 is 0 Å². The highest BCUT2D eigenvalue weighted by atomic mass is 32.2. The summed E-state index contributed by atoms with van der Waals surface area (Å²) in [6.07, 6.45) is 3.55. The minimum Gasteiger partial charge on any atom is -0.322 e. The lowest BCUT2D eigenvalue weighted by Gasteiger charge is -2.21. The molecule has 1 N–H and O–H groups in total. The molecule has 0 saturated carbocycles.